The zero-order valence-electron chi connectivity index (χ0n) is 25.6. The smallest absolute Gasteiger partial charge is 0.247 e. The van der Waals surface area contributed by atoms with Crippen LogP contribution >= 0.6 is 0 Å². The van der Waals surface area contributed by atoms with Crippen LogP contribution in [0.2, 0.25) is 0 Å². The van der Waals surface area contributed by atoms with E-state index in [1.54, 1.807) is 0 Å². The van der Waals surface area contributed by atoms with Crippen LogP contribution in [0.4, 0.5) is 5.69 Å². The van der Waals surface area contributed by atoms with E-state index in [9.17, 15) is 14.4 Å². The van der Waals surface area contributed by atoms with Gasteiger partial charge in [-0.25, -0.2) is 0 Å². The van der Waals surface area contributed by atoms with Crippen molar-refractivity contribution in [3.05, 3.63) is 29.3 Å². The molecule has 0 radical (unpaired) electrons. The second-order valence-electron chi connectivity index (χ2n) is 11.3. The van der Waals surface area contributed by atoms with Crippen LogP contribution in [0.25, 0.3) is 0 Å². The summed E-state index contributed by atoms with van der Waals surface area (Å²) in [6.07, 6.45) is 18.1. The molecule has 3 amide bonds. The van der Waals surface area contributed by atoms with Crippen LogP contribution < -0.4 is 16.0 Å². The summed E-state index contributed by atoms with van der Waals surface area (Å²) < 4.78 is 0. The molecule has 2 atom stereocenters. The van der Waals surface area contributed by atoms with Crippen molar-refractivity contribution in [3.8, 4) is 0 Å². The molecule has 0 fully saturated rings. The lowest BCUT2D eigenvalue weighted by atomic mass is 9.97. The number of amides is 3. The van der Waals surface area contributed by atoms with E-state index < -0.39 is 6.04 Å². The first-order valence-electron chi connectivity index (χ1n) is 15.7. The zero-order valence-corrected chi connectivity index (χ0v) is 25.6. The van der Waals surface area contributed by atoms with Crippen LogP contribution in [0.5, 0.6) is 0 Å². The first kappa shape index (κ1) is 34.7. The standard InChI is InChI=1S/C33H57N3O3/c1-6-8-9-10-11-12-13-14-15-16-17-18-19-23-30(37)34-25-24-31(38)36-32(26(3)7-2)33(39)35-29-22-20-21-27(4)28(29)5/h20-22,26,32H,6-19,23-25H2,1-5H3,(H,34,37)(H,35,39)(H,36,38)/t26-,32-/m0/s1. The molecule has 0 aliphatic carbocycles. The van der Waals surface area contributed by atoms with Crippen LogP contribution in [-0.4, -0.2) is 30.3 Å². The zero-order chi connectivity index (χ0) is 28.9. The van der Waals surface area contributed by atoms with Gasteiger partial charge in [-0.05, 0) is 43.4 Å². The fraction of sp³-hybridized carbons (Fsp3) is 0.727. The number of hydrogen-bond donors (Lipinski definition) is 3. The number of hydrogen-bond acceptors (Lipinski definition) is 3. The van der Waals surface area contributed by atoms with Crippen LogP contribution in [0.3, 0.4) is 0 Å². The molecule has 0 aliphatic rings. The fourth-order valence-corrected chi connectivity index (χ4v) is 4.75. The Bertz CT molecular complexity index is 839. The monoisotopic (exact) mass is 543 g/mol. The lowest BCUT2D eigenvalue weighted by molar-refractivity contribution is -0.127. The Hall–Kier alpha value is -2.37. The summed E-state index contributed by atoms with van der Waals surface area (Å²) in [7, 11) is 0. The quantitative estimate of drug-likeness (QED) is 0.131. The molecule has 0 saturated carbocycles. The maximum Gasteiger partial charge on any atom is 0.247 e. The maximum atomic E-state index is 13.0. The molecule has 0 unspecified atom stereocenters. The molecule has 6 heteroatoms. The molecule has 222 valence electrons. The first-order chi connectivity index (χ1) is 18.8. The number of carbonyl (C=O) groups is 3. The van der Waals surface area contributed by atoms with Gasteiger partial charge < -0.3 is 16.0 Å². The van der Waals surface area contributed by atoms with E-state index in [-0.39, 0.29) is 36.6 Å². The average molecular weight is 544 g/mol. The molecular weight excluding hydrogens is 486 g/mol. The summed E-state index contributed by atoms with van der Waals surface area (Å²) in [5.41, 5.74) is 2.89. The van der Waals surface area contributed by atoms with Crippen LogP contribution in [-0.2, 0) is 14.4 Å². The molecule has 3 N–H and O–H groups in total. The third-order valence-corrected chi connectivity index (χ3v) is 7.86. The topological polar surface area (TPSA) is 87.3 Å². The summed E-state index contributed by atoms with van der Waals surface area (Å²) >= 11 is 0. The first-order valence-corrected chi connectivity index (χ1v) is 15.7. The molecule has 0 heterocycles. The number of carbonyl (C=O) groups excluding carboxylic acids is 3. The summed E-state index contributed by atoms with van der Waals surface area (Å²) in [4.78, 5) is 37.7. The van der Waals surface area contributed by atoms with Crippen molar-refractivity contribution >= 4 is 23.4 Å². The Balaban J connectivity index is 2.19. The van der Waals surface area contributed by atoms with E-state index in [2.05, 4.69) is 22.9 Å². The van der Waals surface area contributed by atoms with Crippen LogP contribution in [0.15, 0.2) is 18.2 Å². The van der Waals surface area contributed by atoms with Crippen molar-refractivity contribution in [3.63, 3.8) is 0 Å². The number of aryl methyl sites for hydroxylation is 1. The van der Waals surface area contributed by atoms with E-state index in [0.717, 1.165) is 36.1 Å². The highest BCUT2D eigenvalue weighted by atomic mass is 16.2. The molecule has 0 bridgehead atoms. The third kappa shape index (κ3) is 15.7. The van der Waals surface area contributed by atoms with E-state index in [0.29, 0.717) is 6.42 Å². The van der Waals surface area contributed by atoms with Crippen LogP contribution in [0.1, 0.15) is 135 Å². The van der Waals surface area contributed by atoms with E-state index in [1.165, 1.54) is 70.6 Å². The number of anilines is 1. The second-order valence-corrected chi connectivity index (χ2v) is 11.3. The normalized spacial score (nSPS) is 12.5. The summed E-state index contributed by atoms with van der Waals surface area (Å²) in [5.74, 6) is -0.447. The fourth-order valence-electron chi connectivity index (χ4n) is 4.75. The highest BCUT2D eigenvalue weighted by molar-refractivity contribution is 5.98. The van der Waals surface area contributed by atoms with Gasteiger partial charge in [0.25, 0.3) is 0 Å². The van der Waals surface area contributed by atoms with Gasteiger partial charge in [0.1, 0.15) is 6.04 Å². The van der Waals surface area contributed by atoms with E-state index in [4.69, 9.17) is 0 Å². The van der Waals surface area contributed by atoms with Gasteiger partial charge >= 0.3 is 0 Å². The van der Waals surface area contributed by atoms with Crippen molar-refractivity contribution in [2.75, 3.05) is 11.9 Å². The summed E-state index contributed by atoms with van der Waals surface area (Å²) in [6.45, 7) is 10.5. The Morgan fingerprint density at radius 2 is 1.31 bits per heavy atom. The van der Waals surface area contributed by atoms with Crippen molar-refractivity contribution in [1.29, 1.82) is 0 Å². The highest BCUT2D eigenvalue weighted by Gasteiger charge is 2.26. The molecule has 6 nitrogen and oxygen atoms in total. The molecular formula is C33H57N3O3. The highest BCUT2D eigenvalue weighted by Crippen LogP contribution is 2.19. The van der Waals surface area contributed by atoms with Crippen molar-refractivity contribution in [1.82, 2.24) is 10.6 Å². The minimum atomic E-state index is -0.621. The molecule has 1 rings (SSSR count). The number of rotatable bonds is 22. The Morgan fingerprint density at radius 1 is 0.744 bits per heavy atom. The van der Waals surface area contributed by atoms with E-state index >= 15 is 0 Å². The van der Waals surface area contributed by atoms with Crippen molar-refractivity contribution in [2.24, 2.45) is 5.92 Å². The van der Waals surface area contributed by atoms with Gasteiger partial charge in [0, 0.05) is 25.1 Å². The van der Waals surface area contributed by atoms with Crippen LogP contribution in [0, 0.1) is 19.8 Å². The third-order valence-electron chi connectivity index (χ3n) is 7.86. The predicted octanol–water partition coefficient (Wildman–Crippen LogP) is 7.76. The minimum Gasteiger partial charge on any atom is -0.356 e. The van der Waals surface area contributed by atoms with Crippen molar-refractivity contribution < 1.29 is 14.4 Å². The second kappa shape index (κ2) is 21.5. The van der Waals surface area contributed by atoms with Gasteiger partial charge in [-0.1, -0.05) is 116 Å². The minimum absolute atomic E-state index is 0.00276. The number of nitrogens with one attached hydrogen (secondary N) is 3. The Labute approximate surface area is 238 Å². The SMILES string of the molecule is CCCCCCCCCCCCCCCC(=O)NCCC(=O)N[C@H](C(=O)Nc1cccc(C)c1C)[C@@H](C)CC. The van der Waals surface area contributed by atoms with Gasteiger partial charge in [0.05, 0.1) is 0 Å². The lowest BCUT2D eigenvalue weighted by Crippen LogP contribution is -2.48. The van der Waals surface area contributed by atoms with Gasteiger partial charge in [-0.2, -0.15) is 0 Å². The van der Waals surface area contributed by atoms with Gasteiger partial charge in [-0.3, -0.25) is 14.4 Å². The lowest BCUT2D eigenvalue weighted by Gasteiger charge is -2.24. The van der Waals surface area contributed by atoms with E-state index in [1.807, 2.05) is 45.9 Å². The number of benzene rings is 1. The molecule has 0 aliphatic heterocycles. The summed E-state index contributed by atoms with van der Waals surface area (Å²) in [6, 6.07) is 5.17. The maximum absolute atomic E-state index is 13.0. The average Bonchev–Trinajstić information content (AvgIpc) is 2.92. The Morgan fingerprint density at radius 3 is 1.87 bits per heavy atom. The molecule has 0 aromatic heterocycles. The Kier molecular flexibility index (Phi) is 19.1. The largest absolute Gasteiger partial charge is 0.356 e. The van der Waals surface area contributed by atoms with Gasteiger partial charge in [0.2, 0.25) is 17.7 Å². The molecule has 39 heavy (non-hydrogen) atoms. The molecule has 1 aromatic carbocycles. The van der Waals surface area contributed by atoms with Gasteiger partial charge in [-0.15, -0.1) is 0 Å². The molecule has 1 aromatic rings. The molecule has 0 saturated heterocycles. The molecule has 0 spiro atoms. The predicted molar refractivity (Wildman–Crippen MR) is 164 cm³/mol. The van der Waals surface area contributed by atoms with Gasteiger partial charge in [0.15, 0.2) is 0 Å². The summed E-state index contributed by atoms with van der Waals surface area (Å²) in [5, 5.41) is 8.73. The van der Waals surface area contributed by atoms with Crippen molar-refractivity contribution in [2.45, 2.75) is 143 Å². The number of unbranched alkanes of at least 4 members (excludes halogenated alkanes) is 12.